The fourth-order valence-electron chi connectivity index (χ4n) is 10.5. The average Bonchev–Trinajstić information content (AvgIpc) is 1.75. The Hall–Kier alpha value is -8.59. The number of aliphatic hydroxyl groups excluding tert-OH is 1. The third-order valence-corrected chi connectivity index (χ3v) is 20.1. The van der Waals surface area contributed by atoms with Crippen molar-refractivity contribution in [3.8, 4) is 32.7 Å². The first-order valence-electron chi connectivity index (χ1n) is 29.0. The van der Waals surface area contributed by atoms with Crippen molar-refractivity contribution in [1.82, 2.24) is 61.8 Å². The summed E-state index contributed by atoms with van der Waals surface area (Å²) in [5.41, 5.74) is 2.84. The first-order chi connectivity index (χ1) is 43.7. The lowest BCUT2D eigenvalue weighted by molar-refractivity contribution is -0.143. The summed E-state index contributed by atoms with van der Waals surface area (Å²) < 4.78 is 5.46. The van der Waals surface area contributed by atoms with Crippen LogP contribution in [0, 0.1) is 18.8 Å². The highest BCUT2D eigenvalue weighted by molar-refractivity contribution is 7.14. The van der Waals surface area contributed by atoms with Gasteiger partial charge in [0.15, 0.2) is 0 Å². The van der Waals surface area contributed by atoms with Crippen molar-refractivity contribution in [2.75, 3.05) is 32.1 Å². The lowest BCUT2D eigenvalue weighted by atomic mass is 9.86. The number of aliphatic carboxylic acids is 2. The summed E-state index contributed by atoms with van der Waals surface area (Å²) >= 11 is 5.87. The molecule has 26 nitrogen and oxygen atoms in total. The number of methoxy groups -OCH3 is 1. The summed E-state index contributed by atoms with van der Waals surface area (Å²) in [4.78, 5) is 144. The van der Waals surface area contributed by atoms with Crippen molar-refractivity contribution in [3.63, 3.8) is 0 Å². The number of aliphatic imine (C=N–C) groups is 1. The van der Waals surface area contributed by atoms with Gasteiger partial charge in [0.1, 0.15) is 65.4 Å². The number of allylic oxidation sites excluding steroid dienone is 1. The zero-order valence-corrected chi connectivity index (χ0v) is 53.9. The number of nitrogens with one attached hydrogen (secondary N) is 6. The van der Waals surface area contributed by atoms with E-state index >= 15 is 0 Å². The van der Waals surface area contributed by atoms with E-state index in [1.165, 1.54) is 41.7 Å². The fraction of sp³-hybridized carbons (Fsp3) is 0.383. The molecular formula is C60H64N14O12S5. The number of aromatic nitrogens is 6. The van der Waals surface area contributed by atoms with Crippen LogP contribution in [0.4, 0.5) is 10.6 Å². The highest BCUT2D eigenvalue weighted by Crippen LogP contribution is 2.40. The van der Waals surface area contributed by atoms with Gasteiger partial charge < -0.3 is 52.0 Å². The van der Waals surface area contributed by atoms with Crippen molar-refractivity contribution in [1.29, 1.82) is 0 Å². The maximum atomic E-state index is 14.4. The number of benzene rings is 1. The highest BCUT2D eigenvalue weighted by Gasteiger charge is 2.35. The molecule has 8 heterocycles. The number of carboxylic acids is 2. The van der Waals surface area contributed by atoms with Crippen LogP contribution in [0.3, 0.4) is 0 Å². The van der Waals surface area contributed by atoms with E-state index in [0.717, 1.165) is 34.0 Å². The van der Waals surface area contributed by atoms with Gasteiger partial charge in [0.25, 0.3) is 17.7 Å². The van der Waals surface area contributed by atoms with E-state index in [0.29, 0.717) is 95.1 Å². The van der Waals surface area contributed by atoms with Gasteiger partial charge in [-0.15, -0.1) is 56.7 Å². The number of urea groups is 1. The molecule has 6 aromatic heterocycles. The van der Waals surface area contributed by atoms with Crippen LogP contribution in [0.2, 0.25) is 0 Å². The minimum atomic E-state index is -1.29. The van der Waals surface area contributed by atoms with E-state index in [1.807, 2.05) is 19.9 Å². The van der Waals surface area contributed by atoms with Crippen LogP contribution in [0.1, 0.15) is 145 Å². The number of carboxylic acid groups (broad SMARTS) is 2. The second-order valence-electron chi connectivity index (χ2n) is 22.0. The molecule has 7 amide bonds. The molecule has 0 saturated heterocycles. The predicted molar refractivity (Wildman–Crippen MR) is 343 cm³/mol. The molecule has 9 N–H and O–H groups in total. The number of nitrogens with zero attached hydrogens (tertiary/aromatic N) is 8. The van der Waals surface area contributed by atoms with Crippen molar-refractivity contribution in [2.45, 2.75) is 109 Å². The van der Waals surface area contributed by atoms with Crippen molar-refractivity contribution >= 4 is 121 Å². The average molecular weight is 1330 g/mol. The lowest BCUT2D eigenvalue weighted by Gasteiger charge is -2.29. The number of hydrogen-bond acceptors (Lipinski definition) is 22. The van der Waals surface area contributed by atoms with Gasteiger partial charge in [-0.2, -0.15) is 0 Å². The molecule has 1 fully saturated rings. The van der Waals surface area contributed by atoms with E-state index in [1.54, 1.807) is 65.5 Å². The molecule has 476 valence electrons. The first-order valence-corrected chi connectivity index (χ1v) is 33.3. The molecule has 2 aliphatic heterocycles. The second-order valence-corrected chi connectivity index (χ2v) is 26.9. The molecule has 1 aromatic carbocycles. The number of carbonyl (C=O) groups is 8. The third-order valence-electron chi connectivity index (χ3n) is 15.3. The standard InChI is InChI=1S/C60H64N14O12S5/c1-28(2)45-58-73-49(40(91-58)24-86-5)52(81)62-23-43(76)70-48(50(79)30-10-7-6-8-11-30)34-19-20-35(64-34)55-67-38(25-88-55)47-33(54-68-39(26-87-54)51(80)66-37(22-42(75)61-4)57-72-46(29(3)90-57)53(82)71-45)17-18-36(65-47)56-69-41(27-89-56)74(21-9-12-44(77)78)60(85)63-32-15-13-31(14-16-32)59(83)84/h6-8,10-11,17-18,20,25-28,31-32,37,45,48,50,79H,9,12-16,19,21-24H2,1-5H3,(H,61,75)(H,62,81)(H,63,85)(H,66,80)(H,70,76)(H,71,82)(H,77,78)(H,83,84)/t31-,32-,37-,45?,48+,50-/m0/s1. The Morgan fingerprint density at radius 3 is 2.21 bits per heavy atom. The molecule has 4 atom stereocenters. The van der Waals surface area contributed by atoms with Gasteiger partial charge in [-0.1, -0.05) is 44.2 Å². The second kappa shape index (κ2) is 29.1. The molecule has 10 bridgehead atoms. The predicted octanol–water partition coefficient (Wildman–Crippen LogP) is 7.73. The van der Waals surface area contributed by atoms with E-state index in [2.05, 4.69) is 31.9 Å². The zero-order valence-electron chi connectivity index (χ0n) is 49.8. The van der Waals surface area contributed by atoms with E-state index in [-0.39, 0.29) is 78.7 Å². The molecule has 31 heteroatoms. The molecule has 10 rings (SSSR count). The van der Waals surface area contributed by atoms with Gasteiger partial charge in [0, 0.05) is 71.9 Å². The number of amides is 7. The minimum absolute atomic E-state index is 0.00621. The Bertz CT molecular complexity index is 3960. The van der Waals surface area contributed by atoms with Crippen LogP contribution in [0.5, 0.6) is 0 Å². The quantitative estimate of drug-likeness (QED) is 0.0474. The molecule has 7 aromatic rings. The Balaban J connectivity index is 1.03. The summed E-state index contributed by atoms with van der Waals surface area (Å²) in [5, 5.41) is 55.0. The molecule has 1 unspecified atom stereocenters. The third kappa shape index (κ3) is 15.4. The summed E-state index contributed by atoms with van der Waals surface area (Å²) in [6, 6.07) is 8.55. The molecular weight excluding hydrogens is 1270 g/mol. The van der Waals surface area contributed by atoms with E-state index in [4.69, 9.17) is 39.6 Å². The Morgan fingerprint density at radius 1 is 0.758 bits per heavy atom. The maximum absolute atomic E-state index is 14.4. The summed E-state index contributed by atoms with van der Waals surface area (Å²) in [7, 11) is 2.92. The van der Waals surface area contributed by atoms with Gasteiger partial charge >= 0.3 is 18.0 Å². The number of aryl methyl sites for hydroxylation is 1. The Kier molecular flexibility index (Phi) is 20.9. The molecule has 1 saturated carbocycles. The van der Waals surface area contributed by atoms with Gasteiger partial charge in [0.2, 0.25) is 11.8 Å². The Morgan fingerprint density at radius 2 is 1.48 bits per heavy atom. The molecule has 3 aliphatic rings. The Labute approximate surface area is 541 Å². The van der Waals surface area contributed by atoms with Crippen molar-refractivity contribution < 1.29 is 58.4 Å². The summed E-state index contributed by atoms with van der Waals surface area (Å²) in [5.74, 6) is -5.41. The van der Waals surface area contributed by atoms with Crippen molar-refractivity contribution in [3.05, 3.63) is 112 Å². The highest BCUT2D eigenvalue weighted by atomic mass is 32.1. The molecule has 0 radical (unpaired) electrons. The van der Waals surface area contributed by atoms with Crippen LogP contribution in [-0.4, -0.2) is 138 Å². The smallest absolute Gasteiger partial charge is 0.323 e. The van der Waals surface area contributed by atoms with Crippen LogP contribution < -0.4 is 36.8 Å². The van der Waals surface area contributed by atoms with E-state index in [9.17, 15) is 53.7 Å². The summed E-state index contributed by atoms with van der Waals surface area (Å²) in [6.07, 6.45) is 2.10. The zero-order chi connectivity index (χ0) is 64.6. The number of thiazole rings is 5. The van der Waals surface area contributed by atoms with Crippen LogP contribution in [0.25, 0.3) is 38.4 Å². The number of pyridine rings is 1. The molecule has 0 spiro atoms. The number of anilines is 1. The van der Waals surface area contributed by atoms with Gasteiger partial charge in [0.05, 0.1) is 59.9 Å². The monoisotopic (exact) mass is 1330 g/mol. The van der Waals surface area contributed by atoms with Gasteiger partial charge in [-0.25, -0.2) is 34.7 Å². The van der Waals surface area contributed by atoms with Crippen LogP contribution in [-0.2, 0) is 30.5 Å². The first kappa shape index (κ1) is 65.4. The number of rotatable bonds is 15. The number of fused-ring (bicyclic) bond motifs is 13. The normalized spacial score (nSPS) is 19.2. The largest absolute Gasteiger partial charge is 0.481 e. The van der Waals surface area contributed by atoms with Crippen LogP contribution >= 0.6 is 56.7 Å². The maximum Gasteiger partial charge on any atom is 0.323 e. The number of ether oxygens (including phenoxy) is 1. The van der Waals surface area contributed by atoms with E-state index < -0.39 is 84.2 Å². The molecule has 1 aliphatic carbocycles. The van der Waals surface area contributed by atoms with Gasteiger partial charge in [-0.05, 0) is 68.7 Å². The van der Waals surface area contributed by atoms with Crippen LogP contribution in [0.15, 0.2) is 69.7 Å². The summed E-state index contributed by atoms with van der Waals surface area (Å²) in [6.45, 7) is 4.92. The van der Waals surface area contributed by atoms with Crippen molar-refractivity contribution in [2.24, 2.45) is 16.8 Å². The molecule has 91 heavy (non-hydrogen) atoms. The number of aliphatic hydroxyl groups is 1. The lowest BCUT2D eigenvalue weighted by Crippen LogP contribution is -2.48. The topological polar surface area (TPSA) is 372 Å². The van der Waals surface area contributed by atoms with Gasteiger partial charge in [-0.3, -0.25) is 43.5 Å². The minimum Gasteiger partial charge on any atom is -0.481 e. The number of hydrogen-bond donors (Lipinski definition) is 9. The SMILES string of the molecule is CNC(=O)C[C@@H]1NC(=O)c2csc(n2)-c2ccc(-c3nc(N(CCCC(=O)O)C(=O)N[C@H]4CC[C@H](C(=O)O)CC4)cs3)nc2-c2csc(n2)C2=CCC(=N2)[C@H]([C@@H](O)c2ccccc2)NC(=O)CNC(=O)c2nc(sc2COC)C(C(C)C)NC(=O)c2nc1sc2C. The fourth-order valence-corrected chi connectivity index (χ4v) is 15.1. The number of carbonyl (C=O) groups excluding carboxylic acids is 6.